The number of benzene rings is 1. The second-order valence-electron chi connectivity index (χ2n) is 7.22. The van der Waals surface area contributed by atoms with Crippen LogP contribution in [0.15, 0.2) is 53.1 Å². The molecular weight excluding hydrogens is 358 g/mol. The van der Waals surface area contributed by atoms with Crippen molar-refractivity contribution in [2.24, 2.45) is 0 Å². The molecule has 0 unspecified atom stereocenters. The number of nitrogens with zero attached hydrogens (tertiary/aromatic N) is 1. The van der Waals surface area contributed by atoms with Crippen molar-refractivity contribution in [3.05, 3.63) is 60.1 Å². The van der Waals surface area contributed by atoms with Crippen molar-refractivity contribution in [3.8, 4) is 0 Å². The van der Waals surface area contributed by atoms with Gasteiger partial charge in [-0.2, -0.15) is 0 Å². The lowest BCUT2D eigenvalue weighted by molar-refractivity contribution is -0.179. The lowest BCUT2D eigenvalue weighted by atomic mass is 9.81. The van der Waals surface area contributed by atoms with Crippen molar-refractivity contribution in [1.82, 2.24) is 4.90 Å². The Labute approximate surface area is 161 Å². The van der Waals surface area contributed by atoms with Crippen LogP contribution in [0.1, 0.15) is 49.9 Å². The van der Waals surface area contributed by atoms with E-state index in [9.17, 15) is 9.59 Å². The molecule has 0 aliphatic carbocycles. The van der Waals surface area contributed by atoms with Gasteiger partial charge in [-0.1, -0.05) is 39.0 Å². The summed E-state index contributed by atoms with van der Waals surface area (Å²) >= 11 is 0. The molecule has 0 saturated carbocycles. The minimum Gasteiger partial charge on any atom is -0.467 e. The number of likely N-dealkylation sites (tertiary alicyclic amines) is 1. The molecule has 0 radical (unpaired) electrons. The number of furan rings is 1. The number of rotatable bonds is 7. The standard InChI is InChI=1S/C21H27NO4Si/c1-5-27(6-2,7-3)26-21(4)18(17-14-11-15-25-17)22(20(21)24)19(23)16-12-9-8-10-13-16/h8-15,18H,5-7H2,1-4H3/t18-,21+/m0/s1. The van der Waals surface area contributed by atoms with E-state index in [-0.39, 0.29) is 11.8 Å². The van der Waals surface area contributed by atoms with Crippen LogP contribution in [0.3, 0.4) is 0 Å². The highest BCUT2D eigenvalue weighted by atomic mass is 28.4. The molecule has 6 heteroatoms. The van der Waals surface area contributed by atoms with Crippen LogP contribution in [-0.4, -0.2) is 30.6 Å². The average molecular weight is 386 g/mol. The molecule has 144 valence electrons. The van der Waals surface area contributed by atoms with Gasteiger partial charge in [0.2, 0.25) is 0 Å². The highest BCUT2D eigenvalue weighted by molar-refractivity contribution is 6.73. The van der Waals surface area contributed by atoms with Gasteiger partial charge in [0.25, 0.3) is 11.8 Å². The summed E-state index contributed by atoms with van der Waals surface area (Å²) in [7, 11) is -2.06. The van der Waals surface area contributed by atoms with Crippen LogP contribution < -0.4 is 0 Å². The molecule has 1 aliphatic heterocycles. The third kappa shape index (κ3) is 3.17. The summed E-state index contributed by atoms with van der Waals surface area (Å²) in [5.74, 6) is -0.0302. The second kappa shape index (κ2) is 7.44. The van der Waals surface area contributed by atoms with Crippen LogP contribution in [0.25, 0.3) is 0 Å². The van der Waals surface area contributed by atoms with Crippen LogP contribution in [0.2, 0.25) is 18.1 Å². The number of imide groups is 1. The maximum atomic E-state index is 13.2. The fraction of sp³-hybridized carbons (Fsp3) is 0.429. The summed E-state index contributed by atoms with van der Waals surface area (Å²) < 4.78 is 12.2. The first-order valence-electron chi connectivity index (χ1n) is 9.59. The van der Waals surface area contributed by atoms with Gasteiger partial charge < -0.3 is 8.84 Å². The molecule has 2 heterocycles. The summed E-state index contributed by atoms with van der Waals surface area (Å²) in [6, 6.07) is 14.7. The molecule has 2 amide bonds. The average Bonchev–Trinajstić information content (AvgIpc) is 3.23. The van der Waals surface area contributed by atoms with Crippen molar-refractivity contribution < 1.29 is 18.4 Å². The predicted octanol–water partition coefficient (Wildman–Crippen LogP) is 4.78. The van der Waals surface area contributed by atoms with Crippen LogP contribution in [0.4, 0.5) is 0 Å². The van der Waals surface area contributed by atoms with Crippen molar-refractivity contribution in [3.63, 3.8) is 0 Å². The van der Waals surface area contributed by atoms with Crippen LogP contribution in [0, 0.1) is 0 Å². The van der Waals surface area contributed by atoms with Crippen molar-refractivity contribution in [1.29, 1.82) is 0 Å². The summed E-state index contributed by atoms with van der Waals surface area (Å²) in [5.41, 5.74) is -0.592. The minimum atomic E-state index is -2.06. The van der Waals surface area contributed by atoms with Gasteiger partial charge in [0.15, 0.2) is 13.9 Å². The van der Waals surface area contributed by atoms with Crippen LogP contribution in [0.5, 0.6) is 0 Å². The van der Waals surface area contributed by atoms with E-state index in [0.717, 1.165) is 18.1 Å². The van der Waals surface area contributed by atoms with Gasteiger partial charge in [-0.15, -0.1) is 0 Å². The highest BCUT2D eigenvalue weighted by Crippen LogP contribution is 2.49. The van der Waals surface area contributed by atoms with E-state index in [1.807, 2.05) is 6.07 Å². The van der Waals surface area contributed by atoms with E-state index >= 15 is 0 Å². The molecule has 1 aromatic heterocycles. The molecule has 0 bridgehead atoms. The Morgan fingerprint density at radius 3 is 2.26 bits per heavy atom. The summed E-state index contributed by atoms with van der Waals surface area (Å²) in [6.07, 6.45) is 1.56. The lowest BCUT2D eigenvalue weighted by Crippen LogP contribution is -2.72. The van der Waals surface area contributed by atoms with E-state index in [4.69, 9.17) is 8.84 Å². The Bertz CT molecular complexity index is 793. The Morgan fingerprint density at radius 1 is 1.11 bits per heavy atom. The van der Waals surface area contributed by atoms with Crippen LogP contribution >= 0.6 is 0 Å². The summed E-state index contributed by atoms with van der Waals surface area (Å²) in [6.45, 7) is 8.18. The van der Waals surface area contributed by atoms with Gasteiger partial charge in [0.05, 0.1) is 6.26 Å². The van der Waals surface area contributed by atoms with Gasteiger partial charge >= 0.3 is 0 Å². The normalized spacial score (nSPS) is 22.6. The van der Waals surface area contributed by atoms with Crippen LogP contribution in [-0.2, 0) is 9.22 Å². The first kappa shape index (κ1) is 19.6. The largest absolute Gasteiger partial charge is 0.467 e. The topological polar surface area (TPSA) is 59.8 Å². The molecule has 2 aromatic rings. The fourth-order valence-corrected chi connectivity index (χ4v) is 6.98. The Morgan fingerprint density at radius 2 is 1.74 bits per heavy atom. The number of hydrogen-bond donors (Lipinski definition) is 0. The van der Waals surface area contributed by atoms with E-state index in [1.54, 1.807) is 49.6 Å². The van der Waals surface area contributed by atoms with Gasteiger partial charge in [-0.25, -0.2) is 0 Å². The van der Waals surface area contributed by atoms with E-state index in [2.05, 4.69) is 20.8 Å². The van der Waals surface area contributed by atoms with Gasteiger partial charge in [-0.05, 0) is 49.3 Å². The quantitative estimate of drug-likeness (QED) is 0.391. The molecular formula is C21H27NO4Si. The third-order valence-electron chi connectivity index (χ3n) is 5.84. The molecule has 0 spiro atoms. The molecule has 2 atom stereocenters. The molecule has 1 aromatic carbocycles. The first-order valence-corrected chi connectivity index (χ1v) is 12.1. The monoisotopic (exact) mass is 385 g/mol. The Kier molecular flexibility index (Phi) is 5.40. The second-order valence-corrected chi connectivity index (χ2v) is 11.9. The van der Waals surface area contributed by atoms with Gasteiger partial charge in [0.1, 0.15) is 11.8 Å². The minimum absolute atomic E-state index is 0.287. The maximum Gasteiger partial charge on any atom is 0.263 e. The smallest absolute Gasteiger partial charge is 0.263 e. The maximum absolute atomic E-state index is 13.2. The van der Waals surface area contributed by atoms with Crippen molar-refractivity contribution >= 4 is 20.1 Å². The van der Waals surface area contributed by atoms with Crippen molar-refractivity contribution in [2.75, 3.05) is 0 Å². The fourth-order valence-electron chi connectivity index (χ4n) is 3.94. The molecule has 1 aliphatic rings. The molecule has 3 rings (SSSR count). The molecule has 0 N–H and O–H groups in total. The van der Waals surface area contributed by atoms with E-state index < -0.39 is 20.0 Å². The SMILES string of the molecule is CC[Si](CC)(CC)O[C@@]1(C)C(=O)N(C(=O)c2ccccc2)[C@H]1c1ccco1. The number of β-lactam (4-membered cyclic amide) rings is 1. The Balaban J connectivity index is 1.98. The molecule has 1 fully saturated rings. The number of amides is 2. The van der Waals surface area contributed by atoms with E-state index in [0.29, 0.717) is 11.3 Å². The zero-order chi connectivity index (χ0) is 19.7. The molecule has 1 saturated heterocycles. The number of carbonyl (C=O) groups excluding carboxylic acids is 2. The first-order chi connectivity index (χ1) is 12.9. The van der Waals surface area contributed by atoms with Gasteiger partial charge in [-0.3, -0.25) is 14.5 Å². The number of hydrogen-bond acceptors (Lipinski definition) is 4. The zero-order valence-electron chi connectivity index (χ0n) is 16.4. The Hall–Kier alpha value is -2.18. The summed E-state index contributed by atoms with van der Waals surface area (Å²) in [4.78, 5) is 27.5. The summed E-state index contributed by atoms with van der Waals surface area (Å²) in [5, 5.41) is 0. The van der Waals surface area contributed by atoms with Gasteiger partial charge in [0, 0.05) is 5.56 Å². The third-order valence-corrected chi connectivity index (χ3v) is 10.6. The molecule has 27 heavy (non-hydrogen) atoms. The lowest BCUT2D eigenvalue weighted by Gasteiger charge is -2.54. The van der Waals surface area contributed by atoms with E-state index in [1.165, 1.54) is 4.90 Å². The number of carbonyl (C=O) groups is 2. The highest BCUT2D eigenvalue weighted by Gasteiger charge is 2.64. The zero-order valence-corrected chi connectivity index (χ0v) is 17.4. The molecule has 5 nitrogen and oxygen atoms in total. The van der Waals surface area contributed by atoms with Crippen molar-refractivity contribution in [2.45, 2.75) is 57.5 Å². The predicted molar refractivity (Wildman–Crippen MR) is 106 cm³/mol.